The molecule has 1 fully saturated rings. The molecule has 1 heterocycles. The van der Waals surface area contributed by atoms with Crippen LogP contribution in [0, 0.1) is 5.82 Å². The molecular formula is C33H29FN2O3. The van der Waals surface area contributed by atoms with Gasteiger partial charge in [0.1, 0.15) is 23.6 Å². The third kappa shape index (κ3) is 4.56. The lowest BCUT2D eigenvalue weighted by Gasteiger charge is -2.43. The highest BCUT2D eigenvalue weighted by Crippen LogP contribution is 2.47. The first-order valence-corrected chi connectivity index (χ1v) is 13.2. The van der Waals surface area contributed by atoms with Gasteiger partial charge in [0.05, 0.1) is 5.54 Å². The van der Waals surface area contributed by atoms with Crippen LogP contribution in [0.15, 0.2) is 97.1 Å². The number of carbonyl (C=O) groups is 2. The van der Waals surface area contributed by atoms with Crippen molar-refractivity contribution in [1.29, 1.82) is 0 Å². The Hall–Kier alpha value is -4.45. The van der Waals surface area contributed by atoms with Gasteiger partial charge in [0, 0.05) is 18.2 Å². The fraction of sp³-hybridized carbons (Fsp3) is 0.212. The van der Waals surface area contributed by atoms with Crippen LogP contribution in [0.5, 0.6) is 5.75 Å². The van der Waals surface area contributed by atoms with E-state index in [1.54, 1.807) is 19.2 Å². The average Bonchev–Trinajstić information content (AvgIpc) is 3.34. The lowest BCUT2D eigenvalue weighted by molar-refractivity contribution is -0.123. The lowest BCUT2D eigenvalue weighted by Crippen LogP contribution is -2.50. The second-order valence-corrected chi connectivity index (χ2v) is 10.3. The monoisotopic (exact) mass is 520 g/mol. The number of hydrogen-bond donors (Lipinski definition) is 2. The van der Waals surface area contributed by atoms with E-state index in [1.807, 2.05) is 60.7 Å². The van der Waals surface area contributed by atoms with Crippen molar-refractivity contribution in [3.63, 3.8) is 0 Å². The van der Waals surface area contributed by atoms with Crippen molar-refractivity contribution in [2.24, 2.45) is 0 Å². The van der Waals surface area contributed by atoms with Crippen LogP contribution in [0.25, 0.3) is 11.1 Å². The predicted octanol–water partition coefficient (Wildman–Crippen LogP) is 6.27. The summed E-state index contributed by atoms with van der Waals surface area (Å²) in [6, 6.07) is 29.5. The molecule has 1 aliphatic heterocycles. The minimum Gasteiger partial charge on any atom is -0.484 e. The van der Waals surface area contributed by atoms with Crippen molar-refractivity contribution in [3.05, 3.63) is 125 Å². The fourth-order valence-electron chi connectivity index (χ4n) is 5.70. The number of benzene rings is 4. The molecule has 0 spiro atoms. The van der Waals surface area contributed by atoms with Gasteiger partial charge < -0.3 is 15.4 Å². The van der Waals surface area contributed by atoms with E-state index < -0.39 is 12.0 Å². The topological polar surface area (TPSA) is 67.4 Å². The van der Waals surface area contributed by atoms with E-state index in [-0.39, 0.29) is 23.2 Å². The Morgan fingerprint density at radius 2 is 1.62 bits per heavy atom. The molecule has 1 aliphatic carbocycles. The van der Waals surface area contributed by atoms with Gasteiger partial charge >= 0.3 is 0 Å². The van der Waals surface area contributed by atoms with Gasteiger partial charge in [-0.1, -0.05) is 60.7 Å². The zero-order valence-electron chi connectivity index (χ0n) is 21.6. The van der Waals surface area contributed by atoms with Gasteiger partial charge in [-0.05, 0) is 77.9 Å². The van der Waals surface area contributed by atoms with Gasteiger partial charge in [0.2, 0.25) is 5.91 Å². The Balaban J connectivity index is 1.29. The van der Waals surface area contributed by atoms with Crippen molar-refractivity contribution in [2.75, 3.05) is 7.05 Å². The molecule has 196 valence electrons. The summed E-state index contributed by atoms with van der Waals surface area (Å²) in [6.07, 6.45) is 2.36. The van der Waals surface area contributed by atoms with Crippen LogP contribution >= 0.6 is 0 Å². The molecule has 2 atom stereocenters. The highest BCUT2D eigenvalue weighted by atomic mass is 19.1. The molecule has 0 radical (unpaired) electrons. The molecule has 0 aromatic heterocycles. The van der Waals surface area contributed by atoms with Crippen LogP contribution in [-0.2, 0) is 10.3 Å². The molecular weight excluding hydrogens is 491 g/mol. The first kappa shape index (κ1) is 24.9. The van der Waals surface area contributed by atoms with Crippen LogP contribution in [-0.4, -0.2) is 18.9 Å². The van der Waals surface area contributed by atoms with Crippen LogP contribution in [0.4, 0.5) is 4.39 Å². The van der Waals surface area contributed by atoms with E-state index in [2.05, 4.69) is 22.8 Å². The summed E-state index contributed by atoms with van der Waals surface area (Å²) < 4.78 is 19.7. The molecule has 4 aromatic carbocycles. The van der Waals surface area contributed by atoms with Crippen molar-refractivity contribution in [2.45, 2.75) is 36.8 Å². The zero-order chi connectivity index (χ0) is 27.0. The predicted molar refractivity (Wildman–Crippen MR) is 148 cm³/mol. The standard InChI is InChI=1S/C33H29FN2O3/c1-35-32(38)29-27-20-23(13-16-28(27)39-30(29)21-11-14-26(34)15-12-21)22-7-5-8-24(19-22)31(37)36-33(17-6-18-33)25-9-3-2-4-10-25/h2-5,7-16,19-20,29-30H,6,17-18H2,1H3,(H,35,38)(H,36,37). The van der Waals surface area contributed by atoms with Crippen molar-refractivity contribution in [3.8, 4) is 16.9 Å². The Morgan fingerprint density at radius 3 is 2.31 bits per heavy atom. The van der Waals surface area contributed by atoms with Crippen molar-refractivity contribution >= 4 is 11.8 Å². The highest BCUT2D eigenvalue weighted by molar-refractivity contribution is 5.96. The third-order valence-electron chi connectivity index (χ3n) is 7.97. The molecule has 0 saturated heterocycles. The average molecular weight is 521 g/mol. The number of nitrogens with one attached hydrogen (secondary N) is 2. The molecule has 1 saturated carbocycles. The molecule has 4 aromatic rings. The van der Waals surface area contributed by atoms with Gasteiger partial charge in [0.15, 0.2) is 0 Å². The van der Waals surface area contributed by atoms with Crippen LogP contribution in [0.3, 0.4) is 0 Å². The molecule has 2 unspecified atom stereocenters. The summed E-state index contributed by atoms with van der Waals surface area (Å²) in [5.74, 6) is -0.606. The molecule has 2 aliphatic rings. The smallest absolute Gasteiger partial charge is 0.251 e. The minimum atomic E-state index is -0.591. The number of fused-ring (bicyclic) bond motifs is 1. The molecule has 2 N–H and O–H groups in total. The van der Waals surface area contributed by atoms with Crippen LogP contribution < -0.4 is 15.4 Å². The molecule has 6 rings (SSSR count). The highest BCUT2D eigenvalue weighted by Gasteiger charge is 2.41. The first-order chi connectivity index (χ1) is 19.0. The van der Waals surface area contributed by atoms with Crippen molar-refractivity contribution < 1.29 is 18.7 Å². The summed E-state index contributed by atoms with van der Waals surface area (Å²) in [4.78, 5) is 26.4. The van der Waals surface area contributed by atoms with Gasteiger partial charge in [0.25, 0.3) is 5.91 Å². The molecule has 39 heavy (non-hydrogen) atoms. The Kier molecular flexibility index (Phi) is 6.39. The van der Waals surface area contributed by atoms with E-state index in [4.69, 9.17) is 4.74 Å². The van der Waals surface area contributed by atoms with Gasteiger partial charge in [-0.15, -0.1) is 0 Å². The maximum Gasteiger partial charge on any atom is 0.251 e. The van der Waals surface area contributed by atoms with Crippen LogP contribution in [0.2, 0.25) is 0 Å². The van der Waals surface area contributed by atoms with E-state index in [0.717, 1.165) is 47.1 Å². The molecule has 5 nitrogen and oxygen atoms in total. The molecule has 6 heteroatoms. The van der Waals surface area contributed by atoms with Gasteiger partial charge in [-0.3, -0.25) is 9.59 Å². The summed E-state index contributed by atoms with van der Waals surface area (Å²) in [5, 5.41) is 6.04. The van der Waals surface area contributed by atoms with E-state index in [9.17, 15) is 14.0 Å². The summed E-state index contributed by atoms with van der Waals surface area (Å²) in [5.41, 5.74) is 4.62. The third-order valence-corrected chi connectivity index (χ3v) is 7.97. The summed E-state index contributed by atoms with van der Waals surface area (Å²) >= 11 is 0. The maximum atomic E-state index is 13.5. The number of ether oxygens (including phenoxy) is 1. The van der Waals surface area contributed by atoms with Crippen LogP contribution in [0.1, 0.15) is 58.3 Å². The number of halogens is 1. The number of amides is 2. The lowest BCUT2D eigenvalue weighted by atomic mass is 9.71. The largest absolute Gasteiger partial charge is 0.484 e. The Morgan fingerprint density at radius 1 is 0.872 bits per heavy atom. The second-order valence-electron chi connectivity index (χ2n) is 10.3. The zero-order valence-corrected chi connectivity index (χ0v) is 21.6. The number of likely N-dealkylation sites (N-methyl/N-ethyl adjacent to an activating group) is 1. The van der Waals surface area contributed by atoms with Gasteiger partial charge in [-0.25, -0.2) is 4.39 Å². The van der Waals surface area contributed by atoms with E-state index in [0.29, 0.717) is 11.3 Å². The minimum absolute atomic E-state index is 0.107. The maximum absolute atomic E-state index is 13.5. The fourth-order valence-corrected chi connectivity index (χ4v) is 5.70. The van der Waals surface area contributed by atoms with Crippen molar-refractivity contribution in [1.82, 2.24) is 10.6 Å². The Labute approximate surface area is 227 Å². The number of carbonyl (C=O) groups excluding carboxylic acids is 2. The van der Waals surface area contributed by atoms with E-state index in [1.165, 1.54) is 12.1 Å². The summed E-state index contributed by atoms with van der Waals surface area (Å²) in [6.45, 7) is 0. The number of rotatable bonds is 6. The SMILES string of the molecule is CNC(=O)C1c2cc(-c3cccc(C(=O)NC4(c5ccccc5)CCC4)c3)ccc2OC1c1ccc(F)cc1. The quantitative estimate of drug-likeness (QED) is 0.315. The summed E-state index contributed by atoms with van der Waals surface area (Å²) in [7, 11) is 1.60. The normalized spacial score (nSPS) is 18.8. The molecule has 0 bridgehead atoms. The molecule has 2 amide bonds. The Bertz CT molecular complexity index is 1530. The second kappa shape index (κ2) is 10.0. The number of hydrogen-bond acceptors (Lipinski definition) is 3. The van der Waals surface area contributed by atoms with Gasteiger partial charge in [-0.2, -0.15) is 0 Å². The van der Waals surface area contributed by atoms with E-state index >= 15 is 0 Å². The first-order valence-electron chi connectivity index (χ1n) is 13.2.